The van der Waals surface area contributed by atoms with Gasteiger partial charge in [-0.2, -0.15) is 0 Å². The summed E-state index contributed by atoms with van der Waals surface area (Å²) in [6.45, 7) is 3.72. The zero-order valence-electron chi connectivity index (χ0n) is 17.3. The van der Waals surface area contributed by atoms with Crippen LogP contribution in [-0.2, 0) is 14.3 Å². The lowest BCUT2D eigenvalue weighted by Crippen LogP contribution is -2.48. The van der Waals surface area contributed by atoms with Crippen molar-refractivity contribution >= 4 is 23.6 Å². The van der Waals surface area contributed by atoms with Gasteiger partial charge in [-0.3, -0.25) is 14.6 Å². The molecule has 160 valence electrons. The third-order valence-corrected chi connectivity index (χ3v) is 6.38. The molecule has 7 heteroatoms. The first-order chi connectivity index (χ1) is 14.6. The third kappa shape index (κ3) is 5.98. The number of para-hydroxylation sites is 1. The fraction of sp³-hybridized carbons (Fsp3) is 0.435. The molecule has 0 unspecified atom stereocenters. The second-order valence-corrected chi connectivity index (χ2v) is 8.31. The Balaban J connectivity index is 1.54. The number of carbonyl (C=O) groups excluding carboxylic acids is 2. The largest absolute Gasteiger partial charge is 0.494 e. The van der Waals surface area contributed by atoms with Gasteiger partial charge in [0.05, 0.1) is 24.4 Å². The van der Waals surface area contributed by atoms with Gasteiger partial charge in [-0.15, -0.1) is 11.8 Å². The molecule has 1 aromatic carbocycles. The van der Waals surface area contributed by atoms with Crippen LogP contribution in [0, 0.1) is 5.41 Å². The standard InChI is InChI=1S/C23H28N2O4S/c1-2-28-22(27)23(12-17-29-19-6-4-3-5-7-19)10-15-25(16-11-23)21(26)18-30-20-8-13-24-14-9-20/h3-9,13-14H,2,10-12,15-18H2,1H3. The summed E-state index contributed by atoms with van der Waals surface area (Å²) in [4.78, 5) is 32.2. The molecule has 30 heavy (non-hydrogen) atoms. The maximum absolute atomic E-state index is 12.8. The minimum absolute atomic E-state index is 0.0924. The highest BCUT2D eigenvalue weighted by atomic mass is 32.2. The van der Waals surface area contributed by atoms with Gasteiger partial charge in [0.1, 0.15) is 5.75 Å². The number of aromatic nitrogens is 1. The molecule has 1 aromatic heterocycles. The number of benzene rings is 1. The molecule has 3 rings (SSSR count). The van der Waals surface area contributed by atoms with Gasteiger partial charge in [0.25, 0.3) is 0 Å². The molecule has 1 aliphatic heterocycles. The van der Waals surface area contributed by atoms with Gasteiger partial charge in [0.15, 0.2) is 0 Å². The first kappa shape index (κ1) is 22.2. The third-order valence-electron chi connectivity index (χ3n) is 5.39. The van der Waals surface area contributed by atoms with E-state index in [2.05, 4.69) is 4.98 Å². The van der Waals surface area contributed by atoms with Crippen LogP contribution in [0.2, 0.25) is 0 Å². The van der Waals surface area contributed by atoms with Crippen LogP contribution in [0.5, 0.6) is 5.75 Å². The van der Waals surface area contributed by atoms with Crippen LogP contribution in [0.25, 0.3) is 0 Å². The summed E-state index contributed by atoms with van der Waals surface area (Å²) >= 11 is 1.51. The Morgan fingerprint density at radius 1 is 1.10 bits per heavy atom. The van der Waals surface area contributed by atoms with E-state index in [1.54, 1.807) is 12.4 Å². The molecule has 0 saturated carbocycles. The number of amides is 1. The molecule has 2 heterocycles. The minimum atomic E-state index is -0.597. The molecule has 0 radical (unpaired) electrons. The van der Waals surface area contributed by atoms with Gasteiger partial charge in [0.2, 0.25) is 5.91 Å². The van der Waals surface area contributed by atoms with Crippen LogP contribution in [0.15, 0.2) is 59.8 Å². The predicted octanol–water partition coefficient (Wildman–Crippen LogP) is 3.81. The van der Waals surface area contributed by atoms with Crippen LogP contribution in [0.3, 0.4) is 0 Å². The highest BCUT2D eigenvalue weighted by Crippen LogP contribution is 2.37. The molecule has 6 nitrogen and oxygen atoms in total. The number of carbonyl (C=O) groups is 2. The molecule has 0 aliphatic carbocycles. The molecule has 0 bridgehead atoms. The Morgan fingerprint density at radius 2 is 1.80 bits per heavy atom. The number of hydrogen-bond donors (Lipinski definition) is 0. The van der Waals surface area contributed by atoms with E-state index in [0.29, 0.717) is 51.3 Å². The number of thioether (sulfide) groups is 1. The van der Waals surface area contributed by atoms with Gasteiger partial charge in [-0.05, 0) is 50.5 Å². The summed E-state index contributed by atoms with van der Waals surface area (Å²) in [6.07, 6.45) is 5.21. The molecule has 1 fully saturated rings. The van der Waals surface area contributed by atoms with Crippen LogP contribution >= 0.6 is 11.8 Å². The number of hydrogen-bond acceptors (Lipinski definition) is 6. The molecular weight excluding hydrogens is 400 g/mol. The topological polar surface area (TPSA) is 68.7 Å². The van der Waals surface area contributed by atoms with Gasteiger partial charge in [0, 0.05) is 30.4 Å². The van der Waals surface area contributed by atoms with Crippen molar-refractivity contribution in [3.8, 4) is 5.75 Å². The fourth-order valence-electron chi connectivity index (χ4n) is 3.58. The Labute approximate surface area is 182 Å². The van der Waals surface area contributed by atoms with Crippen LogP contribution in [-0.4, -0.2) is 53.8 Å². The number of piperidine rings is 1. The van der Waals surface area contributed by atoms with E-state index in [9.17, 15) is 9.59 Å². The van der Waals surface area contributed by atoms with Crippen molar-refractivity contribution in [1.29, 1.82) is 0 Å². The van der Waals surface area contributed by atoms with E-state index < -0.39 is 5.41 Å². The number of likely N-dealkylation sites (tertiary alicyclic amines) is 1. The van der Waals surface area contributed by atoms with Gasteiger partial charge < -0.3 is 14.4 Å². The summed E-state index contributed by atoms with van der Waals surface area (Å²) in [5, 5.41) is 0. The molecule has 1 aliphatic rings. The zero-order chi connectivity index (χ0) is 21.2. The van der Waals surface area contributed by atoms with Crippen molar-refractivity contribution in [1.82, 2.24) is 9.88 Å². The van der Waals surface area contributed by atoms with E-state index >= 15 is 0 Å². The summed E-state index contributed by atoms with van der Waals surface area (Å²) < 4.78 is 11.2. The second kappa shape index (κ2) is 11.0. The van der Waals surface area contributed by atoms with Gasteiger partial charge in [-0.1, -0.05) is 18.2 Å². The van der Waals surface area contributed by atoms with E-state index in [4.69, 9.17) is 9.47 Å². The number of rotatable bonds is 9. The van der Waals surface area contributed by atoms with E-state index in [1.807, 2.05) is 54.3 Å². The predicted molar refractivity (Wildman–Crippen MR) is 116 cm³/mol. The highest BCUT2D eigenvalue weighted by Gasteiger charge is 2.43. The number of pyridine rings is 1. The maximum atomic E-state index is 12.8. The highest BCUT2D eigenvalue weighted by molar-refractivity contribution is 8.00. The average molecular weight is 429 g/mol. The SMILES string of the molecule is CCOC(=O)C1(CCOc2ccccc2)CCN(C(=O)CSc2ccncc2)CC1. The fourth-order valence-corrected chi connectivity index (χ4v) is 4.36. The Morgan fingerprint density at radius 3 is 2.47 bits per heavy atom. The van der Waals surface area contributed by atoms with Crippen LogP contribution in [0.1, 0.15) is 26.2 Å². The zero-order valence-corrected chi connectivity index (χ0v) is 18.1. The lowest BCUT2D eigenvalue weighted by Gasteiger charge is -2.40. The first-order valence-corrected chi connectivity index (χ1v) is 11.3. The molecule has 0 N–H and O–H groups in total. The second-order valence-electron chi connectivity index (χ2n) is 7.26. The van der Waals surface area contributed by atoms with Gasteiger partial charge in [-0.25, -0.2) is 0 Å². The van der Waals surface area contributed by atoms with Crippen LogP contribution < -0.4 is 4.74 Å². The smallest absolute Gasteiger partial charge is 0.312 e. The number of esters is 1. The first-order valence-electron chi connectivity index (χ1n) is 10.3. The number of ether oxygens (including phenoxy) is 2. The summed E-state index contributed by atoms with van der Waals surface area (Å²) in [5.41, 5.74) is -0.597. The normalized spacial score (nSPS) is 15.4. The van der Waals surface area contributed by atoms with Crippen molar-refractivity contribution in [2.45, 2.75) is 31.1 Å². The summed E-state index contributed by atoms with van der Waals surface area (Å²) in [7, 11) is 0. The van der Waals surface area contributed by atoms with E-state index in [0.717, 1.165) is 10.6 Å². The molecular formula is C23H28N2O4S. The Kier molecular flexibility index (Phi) is 8.13. The van der Waals surface area contributed by atoms with Crippen LogP contribution in [0.4, 0.5) is 0 Å². The van der Waals surface area contributed by atoms with Crippen molar-refractivity contribution < 1.29 is 19.1 Å². The summed E-state index contributed by atoms with van der Waals surface area (Å²) in [5.74, 6) is 1.08. The Hall–Kier alpha value is -2.54. The minimum Gasteiger partial charge on any atom is -0.494 e. The molecule has 1 amide bonds. The quantitative estimate of drug-likeness (QED) is 0.447. The molecule has 0 spiro atoms. The van der Waals surface area contributed by atoms with Crippen molar-refractivity contribution in [2.75, 3.05) is 32.1 Å². The number of nitrogens with zero attached hydrogens (tertiary/aromatic N) is 2. The Bertz CT molecular complexity index is 808. The lowest BCUT2D eigenvalue weighted by molar-refractivity contribution is -0.161. The van der Waals surface area contributed by atoms with E-state index in [1.165, 1.54) is 11.8 Å². The van der Waals surface area contributed by atoms with E-state index in [-0.39, 0.29) is 11.9 Å². The van der Waals surface area contributed by atoms with Crippen molar-refractivity contribution in [3.63, 3.8) is 0 Å². The molecule has 1 saturated heterocycles. The molecule has 0 atom stereocenters. The summed E-state index contributed by atoms with van der Waals surface area (Å²) in [6, 6.07) is 13.4. The van der Waals surface area contributed by atoms with Gasteiger partial charge >= 0.3 is 5.97 Å². The maximum Gasteiger partial charge on any atom is 0.312 e. The average Bonchev–Trinajstić information content (AvgIpc) is 2.79. The lowest BCUT2D eigenvalue weighted by atomic mass is 9.75. The van der Waals surface area contributed by atoms with Crippen molar-refractivity contribution in [2.24, 2.45) is 5.41 Å². The van der Waals surface area contributed by atoms with Crippen molar-refractivity contribution in [3.05, 3.63) is 54.9 Å². The monoisotopic (exact) mass is 428 g/mol. The molecule has 2 aromatic rings.